The van der Waals surface area contributed by atoms with Gasteiger partial charge in [0, 0.05) is 20.1 Å². The zero-order valence-electron chi connectivity index (χ0n) is 12.3. The molecule has 0 radical (unpaired) electrons. The van der Waals surface area contributed by atoms with Crippen LogP contribution in [0.1, 0.15) is 26.7 Å². The van der Waals surface area contributed by atoms with Crippen LogP contribution in [0, 0.1) is 11.8 Å². The van der Waals surface area contributed by atoms with E-state index in [1.54, 1.807) is 6.20 Å². The summed E-state index contributed by atoms with van der Waals surface area (Å²) in [7, 11) is 2.10. The predicted octanol–water partition coefficient (Wildman–Crippen LogP) is 2.27. The summed E-state index contributed by atoms with van der Waals surface area (Å²) in [5.41, 5.74) is 0.796. The Labute approximate surface area is 119 Å². The molecule has 6 nitrogen and oxygen atoms in total. The van der Waals surface area contributed by atoms with Crippen LogP contribution in [-0.4, -0.2) is 40.3 Å². The van der Waals surface area contributed by atoms with Gasteiger partial charge in [-0.15, -0.1) is 0 Å². The van der Waals surface area contributed by atoms with Crippen LogP contribution in [0.2, 0.25) is 0 Å². The molecule has 6 heteroatoms. The van der Waals surface area contributed by atoms with Crippen LogP contribution in [0.25, 0.3) is 11.0 Å². The molecule has 108 valence electrons. The zero-order valence-corrected chi connectivity index (χ0v) is 12.3. The Morgan fingerprint density at radius 2 is 2.25 bits per heavy atom. The second-order valence-corrected chi connectivity index (χ2v) is 5.78. The summed E-state index contributed by atoms with van der Waals surface area (Å²) >= 11 is 0. The fourth-order valence-corrected chi connectivity index (χ4v) is 2.52. The van der Waals surface area contributed by atoms with Gasteiger partial charge in [-0.3, -0.25) is 5.10 Å². The first kappa shape index (κ1) is 13.1. The van der Waals surface area contributed by atoms with Gasteiger partial charge in [-0.2, -0.15) is 15.1 Å². The second kappa shape index (κ2) is 5.26. The maximum absolute atomic E-state index is 4.66. The summed E-state index contributed by atoms with van der Waals surface area (Å²) in [6.45, 7) is 6.36. The number of nitrogens with zero attached hydrogens (tertiary/aromatic N) is 4. The molecule has 2 N–H and O–H groups in total. The molecule has 2 aromatic heterocycles. The van der Waals surface area contributed by atoms with Gasteiger partial charge in [0.25, 0.3) is 0 Å². The molecule has 0 spiro atoms. The SMILES string of the molecule is CCCNc1nc(N(C)CC2CC2C)c2cn[nH]c2n1. The van der Waals surface area contributed by atoms with Gasteiger partial charge in [-0.05, 0) is 24.7 Å². The molecule has 2 atom stereocenters. The van der Waals surface area contributed by atoms with E-state index in [-0.39, 0.29) is 0 Å². The van der Waals surface area contributed by atoms with Gasteiger partial charge in [0.15, 0.2) is 5.65 Å². The van der Waals surface area contributed by atoms with Gasteiger partial charge in [0.2, 0.25) is 5.95 Å². The van der Waals surface area contributed by atoms with Crippen molar-refractivity contribution >= 4 is 22.8 Å². The average Bonchev–Trinajstić information content (AvgIpc) is 2.93. The normalized spacial score (nSPS) is 21.1. The molecule has 2 heterocycles. The average molecular weight is 274 g/mol. The van der Waals surface area contributed by atoms with Gasteiger partial charge in [-0.25, -0.2) is 0 Å². The second-order valence-electron chi connectivity index (χ2n) is 5.78. The fraction of sp³-hybridized carbons (Fsp3) is 0.643. The molecule has 1 saturated carbocycles. The molecule has 0 aromatic carbocycles. The number of nitrogens with one attached hydrogen (secondary N) is 2. The third-order valence-electron chi connectivity index (χ3n) is 3.97. The van der Waals surface area contributed by atoms with E-state index >= 15 is 0 Å². The molecule has 0 bridgehead atoms. The first-order valence-corrected chi connectivity index (χ1v) is 7.35. The zero-order chi connectivity index (χ0) is 14.1. The Morgan fingerprint density at radius 3 is 2.95 bits per heavy atom. The number of fused-ring (bicyclic) bond motifs is 1. The highest BCUT2D eigenvalue weighted by Crippen LogP contribution is 2.39. The van der Waals surface area contributed by atoms with Crippen molar-refractivity contribution in [2.75, 3.05) is 30.4 Å². The summed E-state index contributed by atoms with van der Waals surface area (Å²) in [6, 6.07) is 0. The Morgan fingerprint density at radius 1 is 1.45 bits per heavy atom. The Bertz CT molecular complexity index is 592. The highest BCUT2D eigenvalue weighted by Gasteiger charge is 2.33. The molecule has 0 amide bonds. The van der Waals surface area contributed by atoms with Gasteiger partial charge < -0.3 is 10.2 Å². The summed E-state index contributed by atoms with van der Waals surface area (Å²) in [4.78, 5) is 11.3. The standard InChI is InChI=1S/C14H22N6/c1-4-5-15-14-17-12-11(7-16-19-12)13(18-14)20(3)8-10-6-9(10)2/h7,9-10H,4-6,8H2,1-3H3,(H2,15,16,17,18,19). The Kier molecular flexibility index (Phi) is 3.46. The third-order valence-corrected chi connectivity index (χ3v) is 3.97. The lowest BCUT2D eigenvalue weighted by molar-refractivity contribution is 0.721. The number of aromatic nitrogens is 4. The van der Waals surface area contributed by atoms with Crippen molar-refractivity contribution < 1.29 is 0 Å². The number of hydrogen-bond donors (Lipinski definition) is 2. The molecular formula is C14H22N6. The largest absolute Gasteiger partial charge is 0.359 e. The molecule has 1 fully saturated rings. The number of hydrogen-bond acceptors (Lipinski definition) is 5. The molecule has 1 aliphatic rings. The summed E-state index contributed by atoms with van der Waals surface area (Å²) < 4.78 is 0. The minimum Gasteiger partial charge on any atom is -0.359 e. The lowest BCUT2D eigenvalue weighted by Crippen LogP contribution is -2.22. The van der Waals surface area contributed by atoms with Gasteiger partial charge in [0.1, 0.15) is 5.82 Å². The van der Waals surface area contributed by atoms with Gasteiger partial charge in [-0.1, -0.05) is 13.8 Å². The van der Waals surface area contributed by atoms with E-state index in [1.165, 1.54) is 6.42 Å². The van der Waals surface area contributed by atoms with Crippen LogP contribution in [0.3, 0.4) is 0 Å². The van der Waals surface area contributed by atoms with Crippen molar-refractivity contribution in [2.45, 2.75) is 26.7 Å². The summed E-state index contributed by atoms with van der Waals surface area (Å²) in [5, 5.41) is 11.3. The number of anilines is 2. The Hall–Kier alpha value is -1.85. The third kappa shape index (κ3) is 2.55. The number of H-pyrrole nitrogens is 1. The van der Waals surface area contributed by atoms with E-state index in [0.717, 1.165) is 48.2 Å². The smallest absolute Gasteiger partial charge is 0.226 e. The van der Waals surface area contributed by atoms with Crippen molar-refractivity contribution in [1.82, 2.24) is 20.2 Å². The molecule has 0 saturated heterocycles. The van der Waals surface area contributed by atoms with E-state index in [4.69, 9.17) is 0 Å². The Balaban J connectivity index is 1.88. The van der Waals surface area contributed by atoms with E-state index in [1.807, 2.05) is 0 Å². The molecule has 2 aromatic rings. The minimum atomic E-state index is 0.675. The van der Waals surface area contributed by atoms with E-state index < -0.39 is 0 Å². The molecule has 20 heavy (non-hydrogen) atoms. The lowest BCUT2D eigenvalue weighted by atomic mass is 10.3. The highest BCUT2D eigenvalue weighted by molar-refractivity contribution is 5.87. The van der Waals surface area contributed by atoms with Crippen LogP contribution in [0.4, 0.5) is 11.8 Å². The predicted molar refractivity (Wildman–Crippen MR) is 81.0 cm³/mol. The van der Waals surface area contributed by atoms with Crippen molar-refractivity contribution in [2.24, 2.45) is 11.8 Å². The molecule has 0 aliphatic heterocycles. The minimum absolute atomic E-state index is 0.675. The maximum atomic E-state index is 4.66. The van der Waals surface area contributed by atoms with Crippen molar-refractivity contribution in [3.63, 3.8) is 0 Å². The topological polar surface area (TPSA) is 69.7 Å². The van der Waals surface area contributed by atoms with E-state index in [0.29, 0.717) is 5.95 Å². The monoisotopic (exact) mass is 274 g/mol. The molecule has 3 rings (SSSR count). The fourth-order valence-electron chi connectivity index (χ4n) is 2.52. The maximum Gasteiger partial charge on any atom is 0.226 e. The number of rotatable bonds is 6. The van der Waals surface area contributed by atoms with Crippen LogP contribution < -0.4 is 10.2 Å². The van der Waals surface area contributed by atoms with Crippen LogP contribution in [0.15, 0.2) is 6.20 Å². The lowest BCUT2D eigenvalue weighted by Gasteiger charge is -2.19. The van der Waals surface area contributed by atoms with Crippen LogP contribution in [-0.2, 0) is 0 Å². The summed E-state index contributed by atoms with van der Waals surface area (Å²) in [5.74, 6) is 3.27. The van der Waals surface area contributed by atoms with Crippen LogP contribution in [0.5, 0.6) is 0 Å². The van der Waals surface area contributed by atoms with Crippen molar-refractivity contribution in [1.29, 1.82) is 0 Å². The quantitative estimate of drug-likeness (QED) is 0.845. The van der Waals surface area contributed by atoms with Gasteiger partial charge >= 0.3 is 0 Å². The first-order valence-electron chi connectivity index (χ1n) is 7.35. The highest BCUT2D eigenvalue weighted by atomic mass is 15.2. The number of aromatic amines is 1. The summed E-state index contributed by atoms with van der Waals surface area (Å²) in [6.07, 6.45) is 4.18. The van der Waals surface area contributed by atoms with Crippen molar-refractivity contribution in [3.8, 4) is 0 Å². The van der Waals surface area contributed by atoms with Crippen LogP contribution >= 0.6 is 0 Å². The first-order chi connectivity index (χ1) is 9.69. The molecule has 1 aliphatic carbocycles. The molecular weight excluding hydrogens is 252 g/mol. The van der Waals surface area contributed by atoms with Gasteiger partial charge in [0.05, 0.1) is 11.6 Å². The van der Waals surface area contributed by atoms with E-state index in [2.05, 4.69) is 51.3 Å². The van der Waals surface area contributed by atoms with E-state index in [9.17, 15) is 0 Å². The van der Waals surface area contributed by atoms with Crippen molar-refractivity contribution in [3.05, 3.63) is 6.20 Å². The molecule has 2 unspecified atom stereocenters.